The van der Waals surface area contributed by atoms with Gasteiger partial charge in [-0.05, 0) is 49.1 Å². The zero-order chi connectivity index (χ0) is 23.5. The number of hydrogen-bond acceptors (Lipinski definition) is 6. The number of nitrogens with zero attached hydrogens (tertiary/aromatic N) is 4. The molecule has 2 aromatic carbocycles. The van der Waals surface area contributed by atoms with Crippen molar-refractivity contribution in [1.82, 2.24) is 20.1 Å². The molecule has 34 heavy (non-hydrogen) atoms. The van der Waals surface area contributed by atoms with Gasteiger partial charge >= 0.3 is 0 Å². The number of halogens is 1. The second-order valence-electron chi connectivity index (χ2n) is 8.27. The van der Waals surface area contributed by atoms with Gasteiger partial charge in [-0.3, -0.25) is 9.59 Å². The third kappa shape index (κ3) is 4.70. The highest BCUT2D eigenvalue weighted by atomic mass is 32.1. The van der Waals surface area contributed by atoms with Crippen LogP contribution >= 0.6 is 11.3 Å². The summed E-state index contributed by atoms with van der Waals surface area (Å²) in [6, 6.07) is 15.8. The summed E-state index contributed by atoms with van der Waals surface area (Å²) in [6.45, 7) is 2.04. The molecule has 0 spiro atoms. The van der Waals surface area contributed by atoms with Crippen LogP contribution in [0.25, 0.3) is 21.5 Å². The Labute approximate surface area is 199 Å². The quantitative estimate of drug-likeness (QED) is 0.440. The molecule has 4 aromatic rings. The van der Waals surface area contributed by atoms with Crippen LogP contribution in [0.5, 0.6) is 0 Å². The van der Waals surface area contributed by atoms with E-state index in [9.17, 15) is 14.0 Å². The second kappa shape index (κ2) is 9.72. The van der Waals surface area contributed by atoms with Gasteiger partial charge in [0.15, 0.2) is 10.6 Å². The first-order valence-corrected chi connectivity index (χ1v) is 12.1. The minimum atomic E-state index is -0.402. The first kappa shape index (κ1) is 22.2. The Morgan fingerprint density at radius 1 is 1.06 bits per heavy atom. The first-order chi connectivity index (χ1) is 16.6. The molecule has 0 atom stereocenters. The van der Waals surface area contributed by atoms with Crippen molar-refractivity contribution in [1.29, 1.82) is 0 Å². The van der Waals surface area contributed by atoms with E-state index in [-0.39, 0.29) is 18.3 Å². The molecule has 1 fully saturated rings. The predicted molar refractivity (Wildman–Crippen MR) is 132 cm³/mol. The second-order valence-corrected chi connectivity index (χ2v) is 9.25. The largest absolute Gasteiger partial charge is 0.354 e. The van der Waals surface area contributed by atoms with Crippen LogP contribution in [0, 0.1) is 5.82 Å². The van der Waals surface area contributed by atoms with E-state index in [1.165, 1.54) is 23.5 Å². The lowest BCUT2D eigenvalue weighted by Gasteiger charge is -2.11. The SMILES string of the molecule is O=C(Cn1nc(-c2ccc(F)cc2)c2sc(N3CCCC3)nc2c1=O)NCCc1ccccc1. The van der Waals surface area contributed by atoms with Crippen LogP contribution in [0.4, 0.5) is 9.52 Å². The van der Waals surface area contributed by atoms with Gasteiger partial charge in [-0.2, -0.15) is 5.10 Å². The van der Waals surface area contributed by atoms with Gasteiger partial charge in [0.25, 0.3) is 5.56 Å². The lowest BCUT2D eigenvalue weighted by Crippen LogP contribution is -2.35. The number of amides is 1. The summed E-state index contributed by atoms with van der Waals surface area (Å²) in [4.78, 5) is 32.6. The number of hydrogen-bond donors (Lipinski definition) is 1. The van der Waals surface area contributed by atoms with Crippen LogP contribution in [0.2, 0.25) is 0 Å². The van der Waals surface area contributed by atoms with Crippen molar-refractivity contribution in [2.75, 3.05) is 24.5 Å². The summed E-state index contributed by atoms with van der Waals surface area (Å²) >= 11 is 1.42. The molecule has 1 saturated heterocycles. The lowest BCUT2D eigenvalue weighted by atomic mass is 10.1. The number of anilines is 1. The molecule has 2 aromatic heterocycles. The zero-order valence-corrected chi connectivity index (χ0v) is 19.4. The Balaban J connectivity index is 1.44. The zero-order valence-electron chi connectivity index (χ0n) is 18.5. The Morgan fingerprint density at radius 3 is 2.53 bits per heavy atom. The molecule has 0 bridgehead atoms. The number of aromatic nitrogens is 3. The molecule has 0 saturated carbocycles. The molecule has 1 aliphatic rings. The smallest absolute Gasteiger partial charge is 0.294 e. The van der Waals surface area contributed by atoms with E-state index in [0.717, 1.165) is 41.3 Å². The summed E-state index contributed by atoms with van der Waals surface area (Å²) in [5.74, 6) is -0.655. The van der Waals surface area contributed by atoms with E-state index >= 15 is 0 Å². The molecule has 3 heterocycles. The minimum absolute atomic E-state index is 0.214. The summed E-state index contributed by atoms with van der Waals surface area (Å²) in [5, 5.41) is 8.15. The number of nitrogens with one attached hydrogen (secondary N) is 1. The van der Waals surface area contributed by atoms with E-state index in [4.69, 9.17) is 0 Å². The minimum Gasteiger partial charge on any atom is -0.354 e. The Morgan fingerprint density at radius 2 is 1.79 bits per heavy atom. The Kier molecular flexibility index (Phi) is 6.35. The van der Waals surface area contributed by atoms with Crippen LogP contribution in [-0.4, -0.2) is 40.3 Å². The molecular weight excluding hydrogens is 453 g/mol. The van der Waals surface area contributed by atoms with Gasteiger partial charge in [0.1, 0.15) is 18.1 Å². The molecule has 0 aliphatic carbocycles. The third-order valence-electron chi connectivity index (χ3n) is 5.85. The Bertz CT molecular complexity index is 1360. The average molecular weight is 478 g/mol. The van der Waals surface area contributed by atoms with Crippen molar-refractivity contribution in [2.24, 2.45) is 0 Å². The molecule has 1 aliphatic heterocycles. The van der Waals surface area contributed by atoms with Crippen molar-refractivity contribution in [2.45, 2.75) is 25.8 Å². The van der Waals surface area contributed by atoms with Gasteiger partial charge < -0.3 is 10.2 Å². The maximum Gasteiger partial charge on any atom is 0.294 e. The fourth-order valence-electron chi connectivity index (χ4n) is 4.08. The summed E-state index contributed by atoms with van der Waals surface area (Å²) in [6.07, 6.45) is 2.87. The van der Waals surface area contributed by atoms with Crippen molar-refractivity contribution in [3.05, 3.63) is 76.3 Å². The standard InChI is InChI=1S/C25H24FN5O2S/c26-19-10-8-18(9-11-19)21-23-22(28-25(34-23)30-14-4-5-15-30)24(33)31(29-21)16-20(32)27-13-12-17-6-2-1-3-7-17/h1-3,6-11H,4-5,12-16H2,(H,27,32). The van der Waals surface area contributed by atoms with Crippen molar-refractivity contribution >= 4 is 32.6 Å². The molecule has 174 valence electrons. The van der Waals surface area contributed by atoms with Gasteiger partial charge in [-0.15, -0.1) is 0 Å². The number of carbonyl (C=O) groups is 1. The Hall–Kier alpha value is -3.59. The summed E-state index contributed by atoms with van der Waals surface area (Å²) in [7, 11) is 0. The third-order valence-corrected chi connectivity index (χ3v) is 6.98. The predicted octanol–water partition coefficient (Wildman–Crippen LogP) is 3.62. The van der Waals surface area contributed by atoms with E-state index in [2.05, 4.69) is 20.3 Å². The van der Waals surface area contributed by atoms with E-state index in [0.29, 0.717) is 34.4 Å². The van der Waals surface area contributed by atoms with Crippen molar-refractivity contribution in [3.8, 4) is 11.3 Å². The molecule has 1 N–H and O–H groups in total. The van der Waals surface area contributed by atoms with Gasteiger partial charge in [-0.25, -0.2) is 14.1 Å². The van der Waals surface area contributed by atoms with Gasteiger partial charge in [0, 0.05) is 25.2 Å². The van der Waals surface area contributed by atoms with Gasteiger partial charge in [0.05, 0.1) is 4.70 Å². The maximum absolute atomic E-state index is 13.5. The van der Waals surface area contributed by atoms with Crippen LogP contribution in [-0.2, 0) is 17.8 Å². The number of thiazole rings is 1. The highest BCUT2D eigenvalue weighted by molar-refractivity contribution is 7.22. The lowest BCUT2D eigenvalue weighted by molar-refractivity contribution is -0.121. The van der Waals surface area contributed by atoms with Crippen LogP contribution < -0.4 is 15.8 Å². The fraction of sp³-hybridized carbons (Fsp3) is 0.280. The molecular formula is C25H24FN5O2S. The van der Waals surface area contributed by atoms with E-state index < -0.39 is 5.56 Å². The number of benzene rings is 2. The van der Waals surface area contributed by atoms with Crippen molar-refractivity contribution in [3.63, 3.8) is 0 Å². The maximum atomic E-state index is 13.5. The average Bonchev–Trinajstić information content (AvgIpc) is 3.53. The van der Waals surface area contributed by atoms with Crippen LogP contribution in [0.15, 0.2) is 59.4 Å². The summed E-state index contributed by atoms with van der Waals surface area (Å²) < 4.78 is 15.3. The fourth-order valence-corrected chi connectivity index (χ4v) is 5.19. The molecule has 7 nitrogen and oxygen atoms in total. The topological polar surface area (TPSA) is 80.1 Å². The molecule has 5 rings (SSSR count). The highest BCUT2D eigenvalue weighted by Crippen LogP contribution is 2.34. The normalized spacial score (nSPS) is 13.5. The number of carbonyl (C=O) groups excluding carboxylic acids is 1. The molecule has 0 unspecified atom stereocenters. The van der Waals surface area contributed by atoms with E-state index in [1.54, 1.807) is 12.1 Å². The number of fused-ring (bicyclic) bond motifs is 1. The van der Waals surface area contributed by atoms with Gasteiger partial charge in [-0.1, -0.05) is 41.7 Å². The van der Waals surface area contributed by atoms with Crippen LogP contribution in [0.3, 0.4) is 0 Å². The van der Waals surface area contributed by atoms with E-state index in [1.807, 2.05) is 30.3 Å². The molecule has 9 heteroatoms. The monoisotopic (exact) mass is 477 g/mol. The van der Waals surface area contributed by atoms with Gasteiger partial charge in [0.2, 0.25) is 5.91 Å². The summed E-state index contributed by atoms with van der Waals surface area (Å²) in [5.41, 5.74) is 2.20. The first-order valence-electron chi connectivity index (χ1n) is 11.3. The number of rotatable bonds is 7. The highest BCUT2D eigenvalue weighted by Gasteiger charge is 2.22. The molecule has 1 amide bonds. The van der Waals surface area contributed by atoms with Crippen LogP contribution in [0.1, 0.15) is 18.4 Å². The molecule has 0 radical (unpaired) electrons. The van der Waals surface area contributed by atoms with Crippen molar-refractivity contribution < 1.29 is 9.18 Å².